The van der Waals surface area contributed by atoms with Crippen molar-refractivity contribution in [3.05, 3.63) is 53.6 Å². The molecule has 2 aromatic rings. The van der Waals surface area contributed by atoms with E-state index in [0.29, 0.717) is 11.4 Å². The maximum Gasteiger partial charge on any atom is 0.261 e. The first kappa shape index (κ1) is 13.4. The standard InChI is InChI=1S/C14H16N2O2S/c1-10-8-11(2)14(13(15)9-10)16-19(17,18)12-6-4-3-5-7-12/h3-9,16H,15H2,1-2H3. The van der Waals surface area contributed by atoms with Crippen molar-refractivity contribution < 1.29 is 8.42 Å². The number of benzene rings is 2. The van der Waals surface area contributed by atoms with Crippen molar-refractivity contribution in [3.8, 4) is 0 Å². The van der Waals surface area contributed by atoms with Crippen LogP contribution < -0.4 is 10.5 Å². The van der Waals surface area contributed by atoms with E-state index < -0.39 is 10.0 Å². The summed E-state index contributed by atoms with van der Waals surface area (Å²) in [7, 11) is -3.60. The highest BCUT2D eigenvalue weighted by Crippen LogP contribution is 2.27. The molecule has 5 heteroatoms. The molecule has 3 N–H and O–H groups in total. The topological polar surface area (TPSA) is 72.2 Å². The van der Waals surface area contributed by atoms with Gasteiger partial charge < -0.3 is 5.73 Å². The van der Waals surface area contributed by atoms with Gasteiger partial charge in [0.25, 0.3) is 10.0 Å². The highest BCUT2D eigenvalue weighted by Gasteiger charge is 2.16. The lowest BCUT2D eigenvalue weighted by atomic mass is 10.1. The zero-order valence-corrected chi connectivity index (χ0v) is 11.7. The number of sulfonamides is 1. The van der Waals surface area contributed by atoms with Crippen LogP contribution in [0.4, 0.5) is 11.4 Å². The minimum absolute atomic E-state index is 0.217. The van der Waals surface area contributed by atoms with Crippen LogP contribution in [0.2, 0.25) is 0 Å². The Morgan fingerprint density at radius 1 is 1.05 bits per heavy atom. The second-order valence-corrected chi connectivity index (χ2v) is 6.15. The molecule has 0 spiro atoms. The van der Waals surface area contributed by atoms with Crippen LogP contribution >= 0.6 is 0 Å². The van der Waals surface area contributed by atoms with E-state index in [0.717, 1.165) is 11.1 Å². The van der Waals surface area contributed by atoms with E-state index in [2.05, 4.69) is 4.72 Å². The molecule has 0 fully saturated rings. The van der Waals surface area contributed by atoms with Crippen molar-refractivity contribution in [2.45, 2.75) is 18.7 Å². The molecule has 2 rings (SSSR count). The normalized spacial score (nSPS) is 11.3. The predicted octanol–water partition coefficient (Wildman–Crippen LogP) is 2.69. The van der Waals surface area contributed by atoms with Crippen molar-refractivity contribution in [3.63, 3.8) is 0 Å². The van der Waals surface area contributed by atoms with E-state index in [1.165, 1.54) is 0 Å². The van der Waals surface area contributed by atoms with Gasteiger partial charge in [-0.1, -0.05) is 24.3 Å². The summed E-state index contributed by atoms with van der Waals surface area (Å²) >= 11 is 0. The van der Waals surface area contributed by atoms with E-state index in [4.69, 9.17) is 5.73 Å². The fourth-order valence-electron chi connectivity index (χ4n) is 1.93. The van der Waals surface area contributed by atoms with E-state index in [1.54, 1.807) is 36.4 Å². The molecule has 0 radical (unpaired) electrons. The first-order valence-electron chi connectivity index (χ1n) is 5.85. The second kappa shape index (κ2) is 4.93. The van der Waals surface area contributed by atoms with Crippen LogP contribution in [0.5, 0.6) is 0 Å². The Labute approximate surface area is 113 Å². The molecule has 0 aliphatic heterocycles. The summed E-state index contributed by atoms with van der Waals surface area (Å²) in [5, 5.41) is 0. The number of nitrogens with two attached hydrogens (primary N) is 1. The smallest absolute Gasteiger partial charge is 0.261 e. The largest absolute Gasteiger partial charge is 0.397 e. The Hall–Kier alpha value is -2.01. The van der Waals surface area contributed by atoms with Crippen LogP contribution in [-0.2, 0) is 10.0 Å². The minimum Gasteiger partial charge on any atom is -0.397 e. The highest BCUT2D eigenvalue weighted by atomic mass is 32.2. The molecule has 19 heavy (non-hydrogen) atoms. The van der Waals surface area contributed by atoms with Crippen molar-refractivity contribution in [2.24, 2.45) is 0 Å². The fourth-order valence-corrected chi connectivity index (χ4v) is 3.11. The highest BCUT2D eigenvalue weighted by molar-refractivity contribution is 7.92. The summed E-state index contributed by atoms with van der Waals surface area (Å²) in [6.45, 7) is 3.74. The lowest BCUT2D eigenvalue weighted by Gasteiger charge is -2.13. The molecule has 0 aliphatic rings. The van der Waals surface area contributed by atoms with Crippen LogP contribution in [0.3, 0.4) is 0 Å². The molecular weight excluding hydrogens is 260 g/mol. The number of rotatable bonds is 3. The van der Waals surface area contributed by atoms with Gasteiger partial charge in [-0.25, -0.2) is 8.42 Å². The quantitative estimate of drug-likeness (QED) is 0.847. The minimum atomic E-state index is -3.60. The van der Waals surface area contributed by atoms with Crippen LogP contribution in [0.15, 0.2) is 47.4 Å². The summed E-state index contributed by atoms with van der Waals surface area (Å²) in [5.41, 5.74) is 8.55. The first-order valence-corrected chi connectivity index (χ1v) is 7.33. The Morgan fingerprint density at radius 2 is 1.68 bits per heavy atom. The fraction of sp³-hybridized carbons (Fsp3) is 0.143. The van der Waals surface area contributed by atoms with Gasteiger partial charge in [-0.2, -0.15) is 0 Å². The van der Waals surface area contributed by atoms with Gasteiger partial charge >= 0.3 is 0 Å². The van der Waals surface area contributed by atoms with Gasteiger partial charge in [-0.3, -0.25) is 4.72 Å². The van der Waals surface area contributed by atoms with Crippen molar-refractivity contribution in [2.75, 3.05) is 10.5 Å². The number of nitrogens with one attached hydrogen (secondary N) is 1. The number of hydrogen-bond acceptors (Lipinski definition) is 3. The second-order valence-electron chi connectivity index (χ2n) is 4.46. The Balaban J connectivity index is 2.42. The SMILES string of the molecule is Cc1cc(C)c(NS(=O)(=O)c2ccccc2)c(N)c1. The maximum absolute atomic E-state index is 12.2. The van der Waals surface area contributed by atoms with E-state index >= 15 is 0 Å². The molecule has 2 aromatic carbocycles. The van der Waals surface area contributed by atoms with E-state index in [1.807, 2.05) is 19.9 Å². The third kappa shape index (κ3) is 2.88. The lowest BCUT2D eigenvalue weighted by molar-refractivity contribution is 0.601. The van der Waals surface area contributed by atoms with Crippen LogP contribution in [0, 0.1) is 13.8 Å². The molecule has 0 saturated heterocycles. The average molecular weight is 276 g/mol. The first-order chi connectivity index (χ1) is 8.90. The molecule has 0 aromatic heterocycles. The van der Waals surface area contributed by atoms with Crippen LogP contribution in [0.1, 0.15) is 11.1 Å². The van der Waals surface area contributed by atoms with Gasteiger partial charge in [0.1, 0.15) is 0 Å². The summed E-state index contributed by atoms with van der Waals surface area (Å²) < 4.78 is 27.0. The zero-order valence-electron chi connectivity index (χ0n) is 10.8. The van der Waals surface area contributed by atoms with Gasteiger partial charge in [0.05, 0.1) is 16.3 Å². The Kier molecular flexibility index (Phi) is 3.48. The zero-order chi connectivity index (χ0) is 14.0. The van der Waals surface area contributed by atoms with Crippen molar-refractivity contribution >= 4 is 21.4 Å². The molecule has 100 valence electrons. The Bertz CT molecular complexity index is 672. The van der Waals surface area contributed by atoms with Gasteiger partial charge in [-0.15, -0.1) is 0 Å². The summed E-state index contributed by atoms with van der Waals surface area (Å²) in [6, 6.07) is 11.9. The molecule has 0 aliphatic carbocycles. The molecular formula is C14H16N2O2S. The van der Waals surface area contributed by atoms with Crippen molar-refractivity contribution in [1.29, 1.82) is 0 Å². The summed E-state index contributed by atoms with van der Waals surface area (Å²) in [5.74, 6) is 0. The average Bonchev–Trinajstić information content (AvgIpc) is 2.35. The molecule has 0 bridgehead atoms. The molecule has 0 heterocycles. The molecule has 4 nitrogen and oxygen atoms in total. The molecule has 0 unspecified atom stereocenters. The van der Waals surface area contributed by atoms with Gasteiger partial charge in [-0.05, 0) is 43.2 Å². The number of aryl methyl sites for hydroxylation is 2. The number of hydrogen-bond donors (Lipinski definition) is 2. The monoisotopic (exact) mass is 276 g/mol. The maximum atomic E-state index is 12.2. The Morgan fingerprint density at radius 3 is 2.26 bits per heavy atom. The summed E-state index contributed by atoms with van der Waals surface area (Å²) in [4.78, 5) is 0.217. The predicted molar refractivity (Wildman–Crippen MR) is 77.6 cm³/mol. The third-order valence-corrected chi connectivity index (χ3v) is 4.17. The number of nitrogen functional groups attached to an aromatic ring is 1. The van der Waals surface area contributed by atoms with Gasteiger partial charge in [0.15, 0.2) is 0 Å². The lowest BCUT2D eigenvalue weighted by Crippen LogP contribution is -2.15. The van der Waals surface area contributed by atoms with E-state index in [9.17, 15) is 8.42 Å². The van der Waals surface area contributed by atoms with E-state index in [-0.39, 0.29) is 4.90 Å². The third-order valence-electron chi connectivity index (χ3n) is 2.80. The number of anilines is 2. The molecule has 0 saturated carbocycles. The van der Waals surface area contributed by atoms with Crippen LogP contribution in [-0.4, -0.2) is 8.42 Å². The van der Waals surface area contributed by atoms with Crippen molar-refractivity contribution in [1.82, 2.24) is 0 Å². The van der Waals surface area contributed by atoms with Gasteiger partial charge in [0, 0.05) is 0 Å². The van der Waals surface area contributed by atoms with Crippen LogP contribution in [0.25, 0.3) is 0 Å². The molecule has 0 amide bonds. The summed E-state index contributed by atoms with van der Waals surface area (Å²) in [6.07, 6.45) is 0. The van der Waals surface area contributed by atoms with Gasteiger partial charge in [0.2, 0.25) is 0 Å². The molecule has 0 atom stereocenters.